The van der Waals surface area contributed by atoms with Gasteiger partial charge >= 0.3 is 0 Å². The van der Waals surface area contributed by atoms with Crippen molar-refractivity contribution in [2.24, 2.45) is 5.73 Å². The molecule has 5 rings (SSSR count). The zero-order valence-electron chi connectivity index (χ0n) is 23.5. The average Bonchev–Trinajstić information content (AvgIpc) is 2.95. The van der Waals surface area contributed by atoms with Gasteiger partial charge in [-0.3, -0.25) is 14.4 Å². The Hall–Kier alpha value is -3.33. The Labute approximate surface area is 242 Å². The lowest BCUT2D eigenvalue weighted by Crippen LogP contribution is -2.53. The summed E-state index contributed by atoms with van der Waals surface area (Å²) in [4.78, 5) is 40.6. The molecule has 0 amide bonds. The third-order valence-corrected chi connectivity index (χ3v) is 8.16. The molecule has 2 aliphatic carbocycles. The molecule has 1 aliphatic heterocycles. The van der Waals surface area contributed by atoms with Crippen LogP contribution in [0, 0.1) is 0 Å². The number of phenols is 2. The van der Waals surface area contributed by atoms with Gasteiger partial charge in [-0.05, 0) is 13.0 Å². The number of aromatic hydroxyl groups is 2. The second-order valence-electron chi connectivity index (χ2n) is 10.9. The highest BCUT2D eigenvalue weighted by atomic mass is 16.7. The molecule has 223 valence electrons. The van der Waals surface area contributed by atoms with Gasteiger partial charge in [-0.1, -0.05) is 25.4 Å². The molecule has 13 heteroatoms. The Balaban J connectivity index is 1.65. The number of phenolic OH excluding ortho intramolecular Hbond substituents is 2. The molecule has 12 nitrogen and oxygen atoms in total. The smallest absolute Gasteiger partial charge is 0.292 e. The molecule has 0 bridgehead atoms. The Morgan fingerprint density at radius 1 is 1.17 bits per heavy atom. The zero-order chi connectivity index (χ0) is 30.5. The first kappa shape index (κ1) is 30.1. The zero-order valence-corrected chi connectivity index (χ0v) is 23.5. The summed E-state index contributed by atoms with van der Waals surface area (Å²) < 4.78 is 22.5. The van der Waals surface area contributed by atoms with Crippen LogP contribution in [-0.4, -0.2) is 89.1 Å². The molecule has 4 unspecified atom stereocenters. The minimum atomic E-state index is -2.14. The van der Waals surface area contributed by atoms with E-state index in [1.165, 1.54) is 32.8 Å². The summed E-state index contributed by atoms with van der Waals surface area (Å²) in [5.41, 5.74) is 2.74. The van der Waals surface area contributed by atoms with Crippen molar-refractivity contribution >= 4 is 24.8 Å². The topological polar surface area (TPSA) is 195 Å². The Kier molecular flexibility index (Phi) is 8.18. The molecule has 1 saturated heterocycles. The lowest BCUT2D eigenvalue weighted by molar-refractivity contribution is -0.247. The van der Waals surface area contributed by atoms with Gasteiger partial charge in [0, 0.05) is 42.0 Å². The first-order chi connectivity index (χ1) is 19.9. The average molecular weight is 582 g/mol. The van der Waals surface area contributed by atoms with E-state index in [9.17, 15) is 34.8 Å². The summed E-state index contributed by atoms with van der Waals surface area (Å²) in [7, 11) is 2.75. The summed E-state index contributed by atoms with van der Waals surface area (Å²) in [6.07, 6.45) is -4.33. The Bertz CT molecular complexity index is 1430. The van der Waals surface area contributed by atoms with Crippen LogP contribution in [0.1, 0.15) is 75.8 Å². The largest absolute Gasteiger partial charge is 0.507 e. The van der Waals surface area contributed by atoms with Gasteiger partial charge in [0.05, 0.1) is 48.7 Å². The highest BCUT2D eigenvalue weighted by Gasteiger charge is 2.50. The molecule has 1 radical (unpaired) electrons. The van der Waals surface area contributed by atoms with Crippen LogP contribution in [-0.2, 0) is 25.3 Å². The van der Waals surface area contributed by atoms with Crippen LogP contribution >= 0.6 is 0 Å². The standard InChI is InChI=1S/C29H33BNO11/c1-4-30-40-11-18(32)29(38)9-14-21(17(10-29)42-19-8-15(31)24(33)12(2)41-19)28(37)23-22(26(14)35)25(34)13-6-5-7-16(39-3)20(13)27(23)36/h5-7,12,15,17,19,24,33,35,37-38H,4,8-11,31H2,1-3H3/t12?,15?,17-,19?,24?,29-/m0/s1. The second kappa shape index (κ2) is 11.4. The van der Waals surface area contributed by atoms with Crippen LogP contribution in [0.5, 0.6) is 17.2 Å². The third kappa shape index (κ3) is 4.89. The van der Waals surface area contributed by atoms with Crippen molar-refractivity contribution in [2.75, 3.05) is 13.7 Å². The maximum absolute atomic E-state index is 13.8. The number of aliphatic hydroxyl groups is 2. The molecule has 6 atom stereocenters. The van der Waals surface area contributed by atoms with E-state index in [1.54, 1.807) is 6.92 Å². The number of ether oxygens (including phenoxy) is 3. The van der Waals surface area contributed by atoms with Gasteiger partial charge in [0.2, 0.25) is 5.78 Å². The number of nitrogens with two attached hydrogens (primary N) is 1. The lowest BCUT2D eigenvalue weighted by Gasteiger charge is -2.42. The number of aliphatic hydroxyl groups excluding tert-OH is 1. The summed E-state index contributed by atoms with van der Waals surface area (Å²) in [6.45, 7) is 2.94. The summed E-state index contributed by atoms with van der Waals surface area (Å²) in [5.74, 6) is -3.38. The minimum absolute atomic E-state index is 0.0305. The molecule has 0 saturated carbocycles. The number of methoxy groups -OCH3 is 1. The molecular weight excluding hydrogens is 549 g/mol. The summed E-state index contributed by atoms with van der Waals surface area (Å²) in [6, 6.07) is 3.71. The fraction of sp³-hybridized carbons (Fsp3) is 0.483. The number of hydrogen-bond donors (Lipinski definition) is 5. The van der Waals surface area contributed by atoms with E-state index in [0.717, 1.165) is 0 Å². The molecule has 2 aromatic rings. The van der Waals surface area contributed by atoms with Gasteiger partial charge < -0.3 is 45.0 Å². The van der Waals surface area contributed by atoms with Gasteiger partial charge in [-0.15, -0.1) is 0 Å². The van der Waals surface area contributed by atoms with Crippen molar-refractivity contribution in [2.45, 2.75) is 75.7 Å². The van der Waals surface area contributed by atoms with Crippen molar-refractivity contribution in [1.82, 2.24) is 0 Å². The fourth-order valence-corrected chi connectivity index (χ4v) is 5.99. The van der Waals surface area contributed by atoms with E-state index in [4.69, 9.17) is 24.6 Å². The van der Waals surface area contributed by atoms with Crippen LogP contribution in [0.4, 0.5) is 0 Å². The first-order valence-electron chi connectivity index (χ1n) is 13.7. The normalized spacial score (nSPS) is 28.5. The molecule has 6 N–H and O–H groups in total. The summed E-state index contributed by atoms with van der Waals surface area (Å²) >= 11 is 0. The van der Waals surface area contributed by atoms with E-state index < -0.39 is 95.7 Å². The SMILES string of the molecule is CC[B]OCC(=O)[C@]1(O)Cc2c(O)c3c(c(O)c2[C@@H](OC2CC(N)C(O)C(C)O2)C1)C(=O)c1c(OC)cccc1C3=O. The number of carbonyl (C=O) groups excluding carboxylic acids is 3. The predicted molar refractivity (Wildman–Crippen MR) is 147 cm³/mol. The number of hydrogen-bond acceptors (Lipinski definition) is 12. The maximum Gasteiger partial charge on any atom is 0.292 e. The van der Waals surface area contributed by atoms with Crippen LogP contribution < -0.4 is 10.5 Å². The number of rotatable bonds is 8. The van der Waals surface area contributed by atoms with Crippen molar-refractivity contribution in [1.29, 1.82) is 0 Å². The van der Waals surface area contributed by atoms with Crippen molar-refractivity contribution in [3.63, 3.8) is 0 Å². The minimum Gasteiger partial charge on any atom is -0.507 e. The van der Waals surface area contributed by atoms with Gasteiger partial charge in [0.25, 0.3) is 7.48 Å². The van der Waals surface area contributed by atoms with E-state index in [1.807, 2.05) is 6.92 Å². The Morgan fingerprint density at radius 2 is 1.88 bits per heavy atom. The highest BCUT2D eigenvalue weighted by Crippen LogP contribution is 2.52. The van der Waals surface area contributed by atoms with Crippen molar-refractivity contribution in [3.8, 4) is 17.2 Å². The summed E-state index contributed by atoms with van der Waals surface area (Å²) in [5, 5.41) is 44.9. The molecule has 0 aromatic heterocycles. The van der Waals surface area contributed by atoms with Crippen LogP contribution in [0.25, 0.3) is 0 Å². The van der Waals surface area contributed by atoms with Gasteiger partial charge in [-0.2, -0.15) is 0 Å². The molecular formula is C29H33BNO11. The van der Waals surface area contributed by atoms with Crippen molar-refractivity contribution in [3.05, 3.63) is 51.6 Å². The van der Waals surface area contributed by atoms with Crippen molar-refractivity contribution < 1.29 is 53.7 Å². The second-order valence-corrected chi connectivity index (χ2v) is 10.9. The number of ketones is 3. The maximum atomic E-state index is 13.8. The van der Waals surface area contributed by atoms with Gasteiger partial charge in [-0.25, -0.2) is 0 Å². The molecule has 3 aliphatic rings. The molecule has 1 fully saturated rings. The van der Waals surface area contributed by atoms with Gasteiger partial charge in [0.1, 0.15) is 22.8 Å². The van der Waals surface area contributed by atoms with E-state index in [2.05, 4.69) is 0 Å². The number of carbonyl (C=O) groups is 3. The first-order valence-corrected chi connectivity index (χ1v) is 13.7. The number of Topliss-reactive ketones (excluding diaryl/α,β-unsaturated/α-hetero) is 1. The predicted octanol–water partition coefficient (Wildman–Crippen LogP) is 1.08. The fourth-order valence-electron chi connectivity index (χ4n) is 5.99. The molecule has 1 heterocycles. The third-order valence-electron chi connectivity index (χ3n) is 8.16. The van der Waals surface area contributed by atoms with E-state index in [-0.39, 0.29) is 34.4 Å². The highest BCUT2D eigenvalue weighted by molar-refractivity contribution is 6.31. The number of benzene rings is 2. The Morgan fingerprint density at radius 3 is 2.55 bits per heavy atom. The van der Waals surface area contributed by atoms with E-state index >= 15 is 0 Å². The molecule has 42 heavy (non-hydrogen) atoms. The van der Waals surface area contributed by atoms with E-state index in [0.29, 0.717) is 6.32 Å². The quantitative estimate of drug-likeness (QED) is 0.144. The van der Waals surface area contributed by atoms with Crippen LogP contribution in [0.3, 0.4) is 0 Å². The van der Waals surface area contributed by atoms with Gasteiger partial charge in [0.15, 0.2) is 17.9 Å². The monoisotopic (exact) mass is 582 g/mol. The van der Waals surface area contributed by atoms with Crippen LogP contribution in [0.2, 0.25) is 6.32 Å². The molecule has 2 aromatic carbocycles. The molecule has 0 spiro atoms. The number of fused-ring (bicyclic) bond motifs is 3. The lowest BCUT2D eigenvalue weighted by atomic mass is 9.71. The van der Waals surface area contributed by atoms with Crippen LogP contribution in [0.15, 0.2) is 18.2 Å².